The SMILES string of the molecule is COCCOC1C(N)CC1Oc1c(F)c(F)cc(F)c1F. The Kier molecular flexibility index (Phi) is 5.02. The van der Waals surface area contributed by atoms with Gasteiger partial charge in [0.1, 0.15) is 12.2 Å². The third kappa shape index (κ3) is 3.28. The summed E-state index contributed by atoms with van der Waals surface area (Å²) in [6, 6.07) is -0.257. The molecule has 2 N–H and O–H groups in total. The van der Waals surface area contributed by atoms with Crippen molar-refractivity contribution in [1.29, 1.82) is 0 Å². The number of halogens is 4. The van der Waals surface area contributed by atoms with Crippen LogP contribution in [-0.4, -0.2) is 38.6 Å². The zero-order valence-electron chi connectivity index (χ0n) is 11.2. The van der Waals surface area contributed by atoms with Crippen LogP contribution in [0.4, 0.5) is 17.6 Å². The van der Waals surface area contributed by atoms with Gasteiger partial charge in [0.2, 0.25) is 11.6 Å². The molecule has 1 saturated carbocycles. The van der Waals surface area contributed by atoms with E-state index in [-0.39, 0.29) is 25.1 Å². The van der Waals surface area contributed by atoms with Crippen LogP contribution in [0.25, 0.3) is 0 Å². The van der Waals surface area contributed by atoms with E-state index in [9.17, 15) is 17.6 Å². The average Bonchev–Trinajstić information content (AvgIpc) is 2.44. The summed E-state index contributed by atoms with van der Waals surface area (Å²) in [7, 11) is 1.48. The molecule has 3 unspecified atom stereocenters. The maximum atomic E-state index is 13.5. The molecule has 2 rings (SSSR count). The smallest absolute Gasteiger partial charge is 0.203 e. The molecule has 21 heavy (non-hydrogen) atoms. The molecule has 0 heterocycles. The van der Waals surface area contributed by atoms with Gasteiger partial charge in [-0.05, 0) is 0 Å². The van der Waals surface area contributed by atoms with Crippen molar-refractivity contribution in [3.63, 3.8) is 0 Å². The number of ether oxygens (including phenoxy) is 3. The monoisotopic (exact) mass is 309 g/mol. The number of nitrogens with two attached hydrogens (primary N) is 1. The van der Waals surface area contributed by atoms with Crippen molar-refractivity contribution in [2.75, 3.05) is 20.3 Å². The fourth-order valence-electron chi connectivity index (χ4n) is 2.04. The zero-order chi connectivity index (χ0) is 15.6. The van der Waals surface area contributed by atoms with Crippen molar-refractivity contribution in [2.45, 2.75) is 24.7 Å². The summed E-state index contributed by atoms with van der Waals surface area (Å²) in [4.78, 5) is 0. The number of hydrogen-bond donors (Lipinski definition) is 1. The van der Waals surface area contributed by atoms with E-state index in [1.807, 2.05) is 0 Å². The molecule has 4 nitrogen and oxygen atoms in total. The topological polar surface area (TPSA) is 53.7 Å². The lowest BCUT2D eigenvalue weighted by Gasteiger charge is -2.41. The van der Waals surface area contributed by atoms with E-state index in [4.69, 9.17) is 19.9 Å². The van der Waals surface area contributed by atoms with Gasteiger partial charge in [0.05, 0.1) is 13.2 Å². The Labute approximate surface area is 118 Å². The molecule has 0 radical (unpaired) electrons. The zero-order valence-corrected chi connectivity index (χ0v) is 11.2. The third-order valence-electron chi connectivity index (χ3n) is 3.23. The number of benzene rings is 1. The van der Waals surface area contributed by atoms with E-state index in [0.29, 0.717) is 6.61 Å². The van der Waals surface area contributed by atoms with Crippen LogP contribution in [0, 0.1) is 23.3 Å². The lowest BCUT2D eigenvalue weighted by Crippen LogP contribution is -2.59. The van der Waals surface area contributed by atoms with Gasteiger partial charge in [0.25, 0.3) is 0 Å². The molecule has 1 aliphatic carbocycles. The highest BCUT2D eigenvalue weighted by Gasteiger charge is 2.42. The Morgan fingerprint density at radius 1 is 1.14 bits per heavy atom. The second-order valence-corrected chi connectivity index (χ2v) is 4.68. The lowest BCUT2D eigenvalue weighted by molar-refractivity contribution is -0.108. The summed E-state index contributed by atoms with van der Waals surface area (Å²) >= 11 is 0. The van der Waals surface area contributed by atoms with Crippen molar-refractivity contribution >= 4 is 0 Å². The van der Waals surface area contributed by atoms with Gasteiger partial charge in [-0.1, -0.05) is 0 Å². The summed E-state index contributed by atoms with van der Waals surface area (Å²) < 4.78 is 68.3. The normalized spacial score (nSPS) is 24.8. The second kappa shape index (κ2) is 6.59. The van der Waals surface area contributed by atoms with Gasteiger partial charge < -0.3 is 19.9 Å². The fraction of sp³-hybridized carbons (Fsp3) is 0.538. The van der Waals surface area contributed by atoms with Gasteiger partial charge in [0, 0.05) is 25.6 Å². The molecule has 0 amide bonds. The first-order valence-corrected chi connectivity index (χ1v) is 6.31. The Morgan fingerprint density at radius 2 is 1.76 bits per heavy atom. The van der Waals surface area contributed by atoms with Crippen molar-refractivity contribution in [2.24, 2.45) is 5.73 Å². The van der Waals surface area contributed by atoms with Crippen LogP contribution >= 0.6 is 0 Å². The van der Waals surface area contributed by atoms with E-state index >= 15 is 0 Å². The Hall–Kier alpha value is -1.38. The Balaban J connectivity index is 2.08. The molecule has 1 aromatic carbocycles. The molecule has 118 valence electrons. The minimum atomic E-state index is -1.58. The number of methoxy groups -OCH3 is 1. The molecule has 0 saturated heterocycles. The molecule has 8 heteroatoms. The van der Waals surface area contributed by atoms with Gasteiger partial charge in [-0.25, -0.2) is 8.78 Å². The van der Waals surface area contributed by atoms with Gasteiger partial charge >= 0.3 is 0 Å². The Morgan fingerprint density at radius 3 is 2.29 bits per heavy atom. The molecule has 0 aromatic heterocycles. The van der Waals surface area contributed by atoms with Crippen LogP contribution < -0.4 is 10.5 Å². The maximum Gasteiger partial charge on any atom is 0.203 e. The molecular formula is C13H15F4NO3. The highest BCUT2D eigenvalue weighted by atomic mass is 19.2. The van der Waals surface area contributed by atoms with Crippen molar-refractivity contribution < 1.29 is 31.8 Å². The fourth-order valence-corrected chi connectivity index (χ4v) is 2.04. The molecule has 0 aliphatic heterocycles. The van der Waals surface area contributed by atoms with Crippen LogP contribution in [0.2, 0.25) is 0 Å². The molecule has 0 spiro atoms. The minimum absolute atomic E-state index is 0.122. The lowest BCUT2D eigenvalue weighted by atomic mass is 9.86. The van der Waals surface area contributed by atoms with Crippen molar-refractivity contribution in [3.8, 4) is 5.75 Å². The van der Waals surface area contributed by atoms with Gasteiger partial charge in [-0.3, -0.25) is 0 Å². The van der Waals surface area contributed by atoms with Gasteiger partial charge in [-0.2, -0.15) is 8.78 Å². The minimum Gasteiger partial charge on any atom is -0.481 e. The van der Waals surface area contributed by atoms with Crippen LogP contribution in [0.15, 0.2) is 6.07 Å². The first-order chi connectivity index (χ1) is 9.95. The summed E-state index contributed by atoms with van der Waals surface area (Å²) in [5, 5.41) is 0. The highest BCUT2D eigenvalue weighted by Crippen LogP contribution is 2.32. The van der Waals surface area contributed by atoms with Crippen LogP contribution in [0.1, 0.15) is 6.42 Å². The molecule has 1 fully saturated rings. The van der Waals surface area contributed by atoms with Crippen LogP contribution in [0.5, 0.6) is 5.75 Å². The standard InChI is InChI=1S/C13H15F4NO3/c1-19-2-3-20-12-8(18)5-9(12)21-13-10(16)6(14)4-7(15)11(13)17/h4,8-9,12H,2-3,5,18H2,1H3. The highest BCUT2D eigenvalue weighted by molar-refractivity contribution is 5.29. The molecular weight excluding hydrogens is 294 g/mol. The number of hydrogen-bond acceptors (Lipinski definition) is 4. The first kappa shape index (κ1) is 16.0. The molecule has 0 bridgehead atoms. The van der Waals surface area contributed by atoms with Crippen molar-refractivity contribution in [3.05, 3.63) is 29.3 Å². The predicted molar refractivity (Wildman–Crippen MR) is 64.9 cm³/mol. The van der Waals surface area contributed by atoms with E-state index in [1.165, 1.54) is 7.11 Å². The Bertz CT molecular complexity index is 488. The molecule has 1 aromatic rings. The van der Waals surface area contributed by atoms with Crippen LogP contribution in [0.3, 0.4) is 0 Å². The van der Waals surface area contributed by atoms with Gasteiger partial charge in [0.15, 0.2) is 17.4 Å². The van der Waals surface area contributed by atoms with Gasteiger partial charge in [-0.15, -0.1) is 0 Å². The molecule has 1 aliphatic rings. The van der Waals surface area contributed by atoms with E-state index in [2.05, 4.69) is 0 Å². The summed E-state index contributed by atoms with van der Waals surface area (Å²) in [5.41, 5.74) is 5.70. The van der Waals surface area contributed by atoms with E-state index < -0.39 is 41.2 Å². The van der Waals surface area contributed by atoms with Crippen LogP contribution in [-0.2, 0) is 9.47 Å². The summed E-state index contributed by atoms with van der Waals surface area (Å²) in [5.74, 6) is -7.30. The number of rotatable bonds is 6. The second-order valence-electron chi connectivity index (χ2n) is 4.68. The largest absolute Gasteiger partial charge is 0.481 e. The molecule has 3 atom stereocenters. The average molecular weight is 309 g/mol. The van der Waals surface area contributed by atoms with E-state index in [1.54, 1.807) is 0 Å². The predicted octanol–water partition coefficient (Wildman–Crippen LogP) is 1.75. The first-order valence-electron chi connectivity index (χ1n) is 6.31. The van der Waals surface area contributed by atoms with E-state index in [0.717, 1.165) is 0 Å². The summed E-state index contributed by atoms with van der Waals surface area (Å²) in [6.07, 6.45) is -1.14. The third-order valence-corrected chi connectivity index (χ3v) is 3.23. The maximum absolute atomic E-state index is 13.5. The summed E-state index contributed by atoms with van der Waals surface area (Å²) in [6.45, 7) is 0.532. The quantitative estimate of drug-likeness (QED) is 0.494. The van der Waals surface area contributed by atoms with Crippen molar-refractivity contribution in [1.82, 2.24) is 0 Å².